The molecule has 166 valence electrons. The van der Waals surface area contributed by atoms with Crippen molar-refractivity contribution in [3.05, 3.63) is 78.2 Å². The van der Waals surface area contributed by atoms with Gasteiger partial charge in [0.15, 0.2) is 0 Å². The fourth-order valence-corrected chi connectivity index (χ4v) is 4.13. The predicted octanol–water partition coefficient (Wildman–Crippen LogP) is 4.75. The molecular weight excluding hydrogens is 424 g/mol. The number of amides is 1. The summed E-state index contributed by atoms with van der Waals surface area (Å²) in [5.74, 6) is -0.555. The van der Waals surface area contributed by atoms with Gasteiger partial charge in [-0.05, 0) is 43.2 Å². The Morgan fingerprint density at radius 2 is 1.68 bits per heavy atom. The molecule has 7 nitrogen and oxygen atoms in total. The Morgan fingerprint density at radius 3 is 2.32 bits per heavy atom. The smallest absolute Gasteiger partial charge is 0.267 e. The Hall–Kier alpha value is -4.57. The number of nitrogens with two attached hydrogens (primary N) is 1. The minimum atomic E-state index is -0.561. The van der Waals surface area contributed by atoms with Gasteiger partial charge in [0.1, 0.15) is 11.4 Å². The third kappa shape index (κ3) is 3.46. The van der Waals surface area contributed by atoms with E-state index < -0.39 is 11.3 Å². The zero-order valence-corrected chi connectivity index (χ0v) is 19.1. The lowest BCUT2D eigenvalue weighted by atomic mass is 9.86. The van der Waals surface area contributed by atoms with Crippen molar-refractivity contribution in [2.75, 3.05) is 0 Å². The summed E-state index contributed by atoms with van der Waals surface area (Å²) >= 11 is 0. The van der Waals surface area contributed by atoms with Crippen LogP contribution in [0, 0.1) is 11.3 Å². The van der Waals surface area contributed by atoms with Crippen LogP contribution >= 0.6 is 0 Å². The molecule has 3 aromatic heterocycles. The SMILES string of the molecule is Cn1nc(-c2ccc(C(C)(C)C#N)cc2)c2c3cc(-c4ccc(C(N)=O)nc4)ccc3ncc21. The average Bonchev–Trinajstić information content (AvgIpc) is 3.20. The Morgan fingerprint density at radius 1 is 0.971 bits per heavy atom. The molecule has 0 radical (unpaired) electrons. The van der Waals surface area contributed by atoms with Gasteiger partial charge in [0.25, 0.3) is 5.91 Å². The van der Waals surface area contributed by atoms with Crippen LogP contribution in [-0.4, -0.2) is 25.7 Å². The van der Waals surface area contributed by atoms with Gasteiger partial charge in [-0.25, -0.2) is 0 Å². The van der Waals surface area contributed by atoms with E-state index in [1.165, 1.54) is 0 Å². The number of nitrogens with zero attached hydrogens (tertiary/aromatic N) is 5. The van der Waals surface area contributed by atoms with Crippen LogP contribution in [0.3, 0.4) is 0 Å². The Kier molecular flexibility index (Phi) is 4.87. The number of pyridine rings is 2. The van der Waals surface area contributed by atoms with Gasteiger partial charge in [-0.1, -0.05) is 36.4 Å². The van der Waals surface area contributed by atoms with Crippen molar-refractivity contribution >= 4 is 27.7 Å². The zero-order chi connectivity index (χ0) is 24.0. The molecule has 0 bridgehead atoms. The summed E-state index contributed by atoms with van der Waals surface area (Å²) in [7, 11) is 1.91. The highest BCUT2D eigenvalue weighted by atomic mass is 16.1. The molecule has 0 saturated carbocycles. The number of hydrogen-bond acceptors (Lipinski definition) is 5. The number of carbonyl (C=O) groups is 1. The number of carbonyl (C=O) groups excluding carboxylic acids is 1. The van der Waals surface area contributed by atoms with Crippen molar-refractivity contribution in [3.8, 4) is 28.5 Å². The van der Waals surface area contributed by atoms with E-state index in [9.17, 15) is 10.1 Å². The summed E-state index contributed by atoms with van der Waals surface area (Å²) in [6.45, 7) is 3.81. The first-order chi connectivity index (χ1) is 16.3. The maximum absolute atomic E-state index is 11.4. The van der Waals surface area contributed by atoms with Crippen molar-refractivity contribution in [1.29, 1.82) is 5.26 Å². The van der Waals surface area contributed by atoms with Crippen molar-refractivity contribution in [1.82, 2.24) is 19.7 Å². The number of nitriles is 1. The first-order valence-corrected chi connectivity index (χ1v) is 10.8. The van der Waals surface area contributed by atoms with Crippen LogP contribution in [0.25, 0.3) is 44.2 Å². The van der Waals surface area contributed by atoms with Crippen LogP contribution in [0.15, 0.2) is 67.0 Å². The third-order valence-electron chi connectivity index (χ3n) is 6.19. The molecule has 0 fully saturated rings. The number of fused-ring (bicyclic) bond motifs is 3. The lowest BCUT2D eigenvalue weighted by molar-refractivity contribution is 0.0995. The van der Waals surface area contributed by atoms with E-state index in [0.29, 0.717) is 0 Å². The molecule has 0 aliphatic heterocycles. The van der Waals surface area contributed by atoms with Gasteiger partial charge in [-0.15, -0.1) is 0 Å². The lowest BCUT2D eigenvalue weighted by Crippen LogP contribution is -2.13. The van der Waals surface area contributed by atoms with E-state index in [1.807, 2.05) is 74.2 Å². The second-order valence-electron chi connectivity index (χ2n) is 8.83. The van der Waals surface area contributed by atoms with E-state index >= 15 is 0 Å². The summed E-state index contributed by atoms with van der Waals surface area (Å²) in [6.07, 6.45) is 3.48. The summed E-state index contributed by atoms with van der Waals surface area (Å²) in [6, 6.07) is 19.8. The number of aromatic nitrogens is 4. The Balaban J connectivity index is 1.69. The number of rotatable bonds is 4. The van der Waals surface area contributed by atoms with Crippen molar-refractivity contribution in [2.45, 2.75) is 19.3 Å². The molecule has 34 heavy (non-hydrogen) atoms. The summed E-state index contributed by atoms with van der Waals surface area (Å²) in [4.78, 5) is 20.2. The number of hydrogen-bond donors (Lipinski definition) is 1. The fourth-order valence-electron chi connectivity index (χ4n) is 4.13. The monoisotopic (exact) mass is 446 g/mol. The van der Waals surface area contributed by atoms with Gasteiger partial charge in [0.2, 0.25) is 0 Å². The summed E-state index contributed by atoms with van der Waals surface area (Å²) in [5.41, 5.74) is 11.4. The van der Waals surface area contributed by atoms with Crippen molar-refractivity contribution in [2.24, 2.45) is 12.8 Å². The van der Waals surface area contributed by atoms with Crippen molar-refractivity contribution in [3.63, 3.8) is 0 Å². The van der Waals surface area contributed by atoms with E-state index in [-0.39, 0.29) is 5.69 Å². The van der Waals surface area contributed by atoms with Crippen LogP contribution in [0.2, 0.25) is 0 Å². The molecule has 1 amide bonds. The summed E-state index contributed by atoms with van der Waals surface area (Å²) in [5, 5.41) is 16.2. The van der Waals surface area contributed by atoms with E-state index in [4.69, 9.17) is 10.8 Å². The maximum Gasteiger partial charge on any atom is 0.267 e. The van der Waals surface area contributed by atoms with Gasteiger partial charge < -0.3 is 5.73 Å². The van der Waals surface area contributed by atoms with Gasteiger partial charge >= 0.3 is 0 Å². The molecule has 0 atom stereocenters. The fraction of sp³-hybridized carbons (Fsp3) is 0.148. The molecule has 0 aliphatic carbocycles. The first kappa shape index (κ1) is 21.3. The van der Waals surface area contributed by atoms with Crippen LogP contribution in [0.1, 0.15) is 29.9 Å². The van der Waals surface area contributed by atoms with E-state index in [0.717, 1.165) is 49.8 Å². The quantitative estimate of drug-likeness (QED) is 0.428. The number of benzene rings is 2. The van der Waals surface area contributed by atoms with Crippen LogP contribution in [0.4, 0.5) is 0 Å². The standard InChI is InChI=1S/C27H22N6O/c1-27(2,15-28)19-8-4-16(5-9-19)25-24-20-12-17(18-7-11-22(26(29)34)30-13-18)6-10-21(20)31-14-23(24)33(3)32-25/h4-14H,1-3H3,(H2,29,34). The minimum Gasteiger partial charge on any atom is -0.364 e. The van der Waals surface area contributed by atoms with Gasteiger partial charge in [0, 0.05) is 35.1 Å². The predicted molar refractivity (Wildman–Crippen MR) is 132 cm³/mol. The maximum atomic E-state index is 11.4. The van der Waals surface area contributed by atoms with E-state index in [2.05, 4.69) is 22.1 Å². The average molecular weight is 447 g/mol. The van der Waals surface area contributed by atoms with E-state index in [1.54, 1.807) is 12.3 Å². The molecular formula is C27H22N6O. The molecule has 0 unspecified atom stereocenters. The number of primary amides is 1. The summed E-state index contributed by atoms with van der Waals surface area (Å²) < 4.78 is 1.83. The topological polar surface area (TPSA) is 110 Å². The highest BCUT2D eigenvalue weighted by molar-refractivity contribution is 6.12. The molecule has 0 spiro atoms. The molecule has 2 aromatic carbocycles. The van der Waals surface area contributed by atoms with Crippen LogP contribution in [-0.2, 0) is 12.5 Å². The van der Waals surface area contributed by atoms with Crippen LogP contribution < -0.4 is 5.73 Å². The zero-order valence-electron chi connectivity index (χ0n) is 19.1. The second-order valence-corrected chi connectivity index (χ2v) is 8.83. The third-order valence-corrected chi connectivity index (χ3v) is 6.19. The molecule has 3 heterocycles. The second kappa shape index (κ2) is 7.78. The molecule has 0 aliphatic rings. The van der Waals surface area contributed by atoms with Crippen molar-refractivity contribution < 1.29 is 4.79 Å². The normalized spacial score (nSPS) is 11.6. The first-order valence-electron chi connectivity index (χ1n) is 10.8. The Labute approximate surface area is 196 Å². The molecule has 7 heteroatoms. The number of aryl methyl sites for hydroxylation is 1. The highest BCUT2D eigenvalue weighted by Gasteiger charge is 2.21. The minimum absolute atomic E-state index is 0.228. The molecule has 5 rings (SSSR count). The molecule has 5 aromatic rings. The van der Waals surface area contributed by atoms with Crippen LogP contribution in [0.5, 0.6) is 0 Å². The van der Waals surface area contributed by atoms with Gasteiger partial charge in [0.05, 0.1) is 28.7 Å². The highest BCUT2D eigenvalue weighted by Crippen LogP contribution is 2.35. The Bertz CT molecular complexity index is 1610. The lowest BCUT2D eigenvalue weighted by Gasteiger charge is -2.15. The van der Waals surface area contributed by atoms with Gasteiger partial charge in [-0.2, -0.15) is 10.4 Å². The molecule has 2 N–H and O–H groups in total. The van der Waals surface area contributed by atoms with Gasteiger partial charge in [-0.3, -0.25) is 19.4 Å². The molecule has 0 saturated heterocycles. The largest absolute Gasteiger partial charge is 0.364 e.